The summed E-state index contributed by atoms with van der Waals surface area (Å²) in [6.45, 7) is 2.01. The molecule has 0 N–H and O–H groups in total. The van der Waals surface area contributed by atoms with Crippen molar-refractivity contribution >= 4 is 11.5 Å². The summed E-state index contributed by atoms with van der Waals surface area (Å²) in [6.07, 6.45) is 1.46. The number of aromatic nitrogens is 5. The molecule has 0 spiro atoms. The van der Waals surface area contributed by atoms with E-state index in [0.29, 0.717) is 11.0 Å². The Morgan fingerprint density at radius 3 is 2.89 bits per heavy atom. The molecule has 3 rings (SSSR count). The molecule has 0 bridgehead atoms. The minimum Gasteiger partial charge on any atom is -0.206 e. The minimum absolute atomic E-state index is 0.118. The molecule has 2 aromatic heterocycles. The number of aryl methyl sites for hydroxylation is 1. The van der Waals surface area contributed by atoms with Crippen LogP contribution in [0.5, 0.6) is 0 Å². The van der Waals surface area contributed by atoms with Gasteiger partial charge in [-0.05, 0) is 12.5 Å². The lowest BCUT2D eigenvalue weighted by molar-refractivity contribution is 0.862. The van der Waals surface area contributed by atoms with Crippen molar-refractivity contribution in [3.63, 3.8) is 0 Å². The zero-order valence-electron chi connectivity index (χ0n) is 9.98. The number of hydrogen-bond donors (Lipinski definition) is 0. The van der Waals surface area contributed by atoms with Gasteiger partial charge in [-0.25, -0.2) is 4.98 Å². The van der Waals surface area contributed by atoms with Crippen molar-refractivity contribution in [2.75, 3.05) is 0 Å². The first-order valence-corrected chi connectivity index (χ1v) is 6.27. The zero-order chi connectivity index (χ0) is 13.2. The van der Waals surface area contributed by atoms with Gasteiger partial charge in [0.15, 0.2) is 5.82 Å². The van der Waals surface area contributed by atoms with E-state index in [4.69, 9.17) is 5.26 Å². The Kier molecular flexibility index (Phi) is 2.78. The molecule has 0 unspecified atom stereocenters. The van der Waals surface area contributed by atoms with E-state index in [1.54, 1.807) is 0 Å². The Morgan fingerprint density at radius 1 is 1.32 bits per heavy atom. The molecule has 0 saturated heterocycles. The fourth-order valence-electron chi connectivity index (χ4n) is 1.65. The largest absolute Gasteiger partial charge is 0.252 e. The van der Waals surface area contributed by atoms with E-state index < -0.39 is 0 Å². The number of benzene rings is 1. The van der Waals surface area contributed by atoms with Crippen molar-refractivity contribution < 1.29 is 0 Å². The Hall–Kier alpha value is -2.59. The second-order valence-electron chi connectivity index (χ2n) is 3.84. The molecule has 0 radical (unpaired) electrons. The van der Waals surface area contributed by atoms with Crippen LogP contribution in [0.15, 0.2) is 30.6 Å². The molecule has 19 heavy (non-hydrogen) atoms. The summed E-state index contributed by atoms with van der Waals surface area (Å²) in [5.41, 5.74) is 2.11. The van der Waals surface area contributed by atoms with Crippen molar-refractivity contribution in [1.29, 1.82) is 5.26 Å². The molecule has 0 aliphatic rings. The first-order valence-electron chi connectivity index (χ1n) is 5.50. The van der Waals surface area contributed by atoms with Crippen molar-refractivity contribution in [3.05, 3.63) is 42.0 Å². The minimum atomic E-state index is 0.118. The third-order valence-electron chi connectivity index (χ3n) is 2.59. The van der Waals surface area contributed by atoms with Crippen molar-refractivity contribution in [1.82, 2.24) is 24.1 Å². The highest BCUT2D eigenvalue weighted by molar-refractivity contribution is 7.08. The number of nitriles is 1. The van der Waals surface area contributed by atoms with Gasteiger partial charge in [0.1, 0.15) is 12.4 Å². The molecule has 0 saturated carbocycles. The van der Waals surface area contributed by atoms with Crippen molar-refractivity contribution in [2.24, 2.45) is 0 Å². The van der Waals surface area contributed by atoms with Gasteiger partial charge in [0, 0.05) is 17.1 Å². The lowest BCUT2D eigenvalue weighted by Crippen LogP contribution is -1.94. The van der Waals surface area contributed by atoms with E-state index in [0.717, 1.165) is 11.1 Å². The molecule has 6 nitrogen and oxygen atoms in total. The van der Waals surface area contributed by atoms with E-state index >= 15 is 0 Å². The van der Waals surface area contributed by atoms with Crippen molar-refractivity contribution in [2.45, 2.75) is 6.92 Å². The van der Waals surface area contributed by atoms with Gasteiger partial charge < -0.3 is 0 Å². The molecule has 0 amide bonds. The van der Waals surface area contributed by atoms with E-state index in [9.17, 15) is 0 Å². The standard InChI is InChI=1S/C12H8N6S/c1-8-4-2-3-5-9(8)11-15-12(19-17-11)18-7-14-10(6-13)16-18/h2-5,7H,1H3. The maximum atomic E-state index is 8.70. The van der Waals surface area contributed by atoms with Crippen LogP contribution in [0.2, 0.25) is 0 Å². The van der Waals surface area contributed by atoms with Gasteiger partial charge >= 0.3 is 0 Å². The van der Waals surface area contributed by atoms with E-state index in [1.165, 1.54) is 22.5 Å². The van der Waals surface area contributed by atoms with Crippen LogP contribution in [0.1, 0.15) is 11.4 Å². The maximum absolute atomic E-state index is 8.70. The maximum Gasteiger partial charge on any atom is 0.252 e. The van der Waals surface area contributed by atoms with Gasteiger partial charge in [0.05, 0.1) is 0 Å². The van der Waals surface area contributed by atoms with Gasteiger partial charge in [0.25, 0.3) is 5.82 Å². The number of nitrogens with zero attached hydrogens (tertiary/aromatic N) is 6. The summed E-state index contributed by atoms with van der Waals surface area (Å²) in [5.74, 6) is 0.778. The summed E-state index contributed by atoms with van der Waals surface area (Å²) >= 11 is 1.22. The highest BCUT2D eigenvalue weighted by Crippen LogP contribution is 2.22. The highest BCUT2D eigenvalue weighted by atomic mass is 32.1. The monoisotopic (exact) mass is 268 g/mol. The summed E-state index contributed by atoms with van der Waals surface area (Å²) in [7, 11) is 0. The Morgan fingerprint density at radius 2 is 2.16 bits per heavy atom. The topological polar surface area (TPSA) is 80.3 Å². The lowest BCUT2D eigenvalue weighted by atomic mass is 10.1. The number of hydrogen-bond acceptors (Lipinski definition) is 6. The average Bonchev–Trinajstić information content (AvgIpc) is 3.08. The molecule has 0 fully saturated rings. The SMILES string of the molecule is Cc1ccccc1-c1nsc(-n2cnc(C#N)n2)n1. The average molecular weight is 268 g/mol. The van der Waals surface area contributed by atoms with E-state index in [2.05, 4.69) is 19.4 Å². The highest BCUT2D eigenvalue weighted by Gasteiger charge is 2.11. The zero-order valence-corrected chi connectivity index (χ0v) is 10.8. The molecule has 0 aliphatic carbocycles. The van der Waals surface area contributed by atoms with Gasteiger partial charge in [0.2, 0.25) is 5.13 Å². The smallest absolute Gasteiger partial charge is 0.206 e. The fourth-order valence-corrected chi connectivity index (χ4v) is 2.25. The quantitative estimate of drug-likeness (QED) is 0.709. The van der Waals surface area contributed by atoms with Crippen LogP contribution in [0.25, 0.3) is 16.5 Å². The van der Waals surface area contributed by atoms with E-state index in [1.807, 2.05) is 37.3 Å². The van der Waals surface area contributed by atoms with Crippen LogP contribution >= 0.6 is 11.5 Å². The van der Waals surface area contributed by atoms with Crippen LogP contribution in [0.4, 0.5) is 0 Å². The van der Waals surface area contributed by atoms with Crippen LogP contribution in [-0.4, -0.2) is 24.1 Å². The molecule has 3 aromatic rings. The van der Waals surface area contributed by atoms with E-state index in [-0.39, 0.29) is 5.82 Å². The van der Waals surface area contributed by atoms with Crippen LogP contribution < -0.4 is 0 Å². The predicted molar refractivity (Wildman–Crippen MR) is 69.7 cm³/mol. The third kappa shape index (κ3) is 2.09. The molecular formula is C12H8N6S. The molecule has 7 heteroatoms. The van der Waals surface area contributed by atoms with Gasteiger partial charge in [-0.2, -0.15) is 19.3 Å². The van der Waals surface area contributed by atoms with Gasteiger partial charge in [-0.1, -0.05) is 24.3 Å². The van der Waals surface area contributed by atoms with Gasteiger partial charge in [-0.15, -0.1) is 5.10 Å². The summed E-state index contributed by atoms with van der Waals surface area (Å²) in [5, 5.41) is 13.3. The molecule has 0 aliphatic heterocycles. The number of rotatable bonds is 2. The molecule has 0 atom stereocenters. The molecule has 92 valence electrons. The summed E-state index contributed by atoms with van der Waals surface area (Å²) in [6, 6.07) is 9.79. The first kappa shape index (κ1) is 11.5. The second-order valence-corrected chi connectivity index (χ2v) is 4.57. The predicted octanol–water partition coefficient (Wildman–Crippen LogP) is 1.97. The van der Waals surface area contributed by atoms with Crippen LogP contribution in [0, 0.1) is 18.3 Å². The third-order valence-corrected chi connectivity index (χ3v) is 3.29. The normalized spacial score (nSPS) is 10.3. The van der Waals surface area contributed by atoms with Crippen LogP contribution in [0.3, 0.4) is 0 Å². The Bertz CT molecular complexity index is 766. The molecular weight excluding hydrogens is 260 g/mol. The molecule has 1 aromatic carbocycles. The lowest BCUT2D eigenvalue weighted by Gasteiger charge is -1.98. The van der Waals surface area contributed by atoms with Crippen molar-refractivity contribution in [3.8, 4) is 22.6 Å². The molecule has 2 heterocycles. The summed E-state index contributed by atoms with van der Waals surface area (Å²) < 4.78 is 5.77. The Labute approximate surface area is 113 Å². The summed E-state index contributed by atoms with van der Waals surface area (Å²) in [4.78, 5) is 8.26. The van der Waals surface area contributed by atoms with Gasteiger partial charge in [-0.3, -0.25) is 0 Å². The second kappa shape index (κ2) is 4.59. The Balaban J connectivity index is 2.00. The first-order chi connectivity index (χ1) is 9.28. The fraction of sp³-hybridized carbons (Fsp3) is 0.0833. The van der Waals surface area contributed by atoms with Crippen LogP contribution in [-0.2, 0) is 0 Å².